The van der Waals surface area contributed by atoms with Gasteiger partial charge in [-0.05, 0) is 35.7 Å². The zero-order chi connectivity index (χ0) is 11.4. The molecule has 0 aliphatic heterocycles. The van der Waals surface area contributed by atoms with Gasteiger partial charge in [0, 0.05) is 10.4 Å². The molecule has 0 saturated heterocycles. The van der Waals surface area contributed by atoms with Crippen LogP contribution in [0.3, 0.4) is 0 Å². The SMILES string of the molecule is O=C(C=Cc1cccs1)c1cccc(O)c1. The lowest BCUT2D eigenvalue weighted by atomic mass is 10.1. The number of hydrogen-bond acceptors (Lipinski definition) is 3. The maximum absolute atomic E-state index is 11.7. The van der Waals surface area contributed by atoms with Gasteiger partial charge in [-0.1, -0.05) is 18.2 Å². The van der Waals surface area contributed by atoms with Gasteiger partial charge in [-0.2, -0.15) is 0 Å². The maximum atomic E-state index is 11.7. The highest BCUT2D eigenvalue weighted by Gasteiger charge is 2.01. The molecule has 0 unspecified atom stereocenters. The summed E-state index contributed by atoms with van der Waals surface area (Å²) in [6.45, 7) is 0. The highest BCUT2D eigenvalue weighted by atomic mass is 32.1. The molecule has 16 heavy (non-hydrogen) atoms. The number of phenols is 1. The second-order valence-corrected chi connectivity index (χ2v) is 4.24. The van der Waals surface area contributed by atoms with Gasteiger partial charge in [0.2, 0.25) is 0 Å². The van der Waals surface area contributed by atoms with Gasteiger partial charge in [0.1, 0.15) is 5.75 Å². The molecule has 2 rings (SSSR count). The summed E-state index contributed by atoms with van der Waals surface area (Å²) in [6, 6.07) is 10.2. The van der Waals surface area contributed by atoms with Crippen molar-refractivity contribution in [1.82, 2.24) is 0 Å². The minimum absolute atomic E-state index is 0.107. The molecule has 2 nitrogen and oxygen atoms in total. The van der Waals surface area contributed by atoms with Gasteiger partial charge in [0.15, 0.2) is 5.78 Å². The van der Waals surface area contributed by atoms with E-state index in [1.165, 1.54) is 12.1 Å². The minimum atomic E-state index is -0.107. The Morgan fingerprint density at radius 1 is 1.25 bits per heavy atom. The van der Waals surface area contributed by atoms with Crippen LogP contribution in [0, 0.1) is 0 Å². The molecule has 80 valence electrons. The summed E-state index contributed by atoms with van der Waals surface area (Å²) in [7, 11) is 0. The van der Waals surface area contributed by atoms with E-state index < -0.39 is 0 Å². The Morgan fingerprint density at radius 3 is 2.81 bits per heavy atom. The van der Waals surface area contributed by atoms with Crippen LogP contribution in [0.25, 0.3) is 6.08 Å². The summed E-state index contributed by atoms with van der Waals surface area (Å²) < 4.78 is 0. The van der Waals surface area contributed by atoms with Crippen LogP contribution in [-0.4, -0.2) is 10.9 Å². The normalized spacial score (nSPS) is 10.8. The first-order valence-electron chi connectivity index (χ1n) is 4.80. The van der Waals surface area contributed by atoms with Gasteiger partial charge in [-0.3, -0.25) is 4.79 Å². The first-order chi connectivity index (χ1) is 7.75. The number of rotatable bonds is 3. The average Bonchev–Trinajstić information content (AvgIpc) is 2.78. The van der Waals surface area contributed by atoms with E-state index in [0.717, 1.165) is 4.88 Å². The molecule has 1 aromatic heterocycles. The van der Waals surface area contributed by atoms with Gasteiger partial charge in [-0.15, -0.1) is 11.3 Å². The minimum Gasteiger partial charge on any atom is -0.508 e. The number of hydrogen-bond donors (Lipinski definition) is 1. The molecule has 0 bridgehead atoms. The molecular weight excluding hydrogens is 220 g/mol. The Balaban J connectivity index is 2.15. The summed E-state index contributed by atoms with van der Waals surface area (Å²) in [5.41, 5.74) is 0.493. The number of thiophene rings is 1. The van der Waals surface area contributed by atoms with Gasteiger partial charge < -0.3 is 5.11 Å². The monoisotopic (exact) mass is 230 g/mol. The van der Waals surface area contributed by atoms with E-state index in [9.17, 15) is 9.90 Å². The fraction of sp³-hybridized carbons (Fsp3) is 0. The fourth-order valence-corrected chi connectivity index (χ4v) is 1.92. The molecule has 1 N–H and O–H groups in total. The van der Waals surface area contributed by atoms with E-state index in [2.05, 4.69) is 0 Å². The van der Waals surface area contributed by atoms with Crippen LogP contribution < -0.4 is 0 Å². The van der Waals surface area contributed by atoms with Crippen molar-refractivity contribution in [2.45, 2.75) is 0 Å². The smallest absolute Gasteiger partial charge is 0.186 e. The van der Waals surface area contributed by atoms with Crippen LogP contribution in [0.2, 0.25) is 0 Å². The lowest BCUT2D eigenvalue weighted by molar-refractivity contribution is 0.104. The van der Waals surface area contributed by atoms with Crippen LogP contribution in [0.4, 0.5) is 0 Å². The highest BCUT2D eigenvalue weighted by Crippen LogP contribution is 2.14. The van der Waals surface area contributed by atoms with Crippen molar-refractivity contribution in [3.05, 3.63) is 58.3 Å². The van der Waals surface area contributed by atoms with Crippen LogP contribution in [0.1, 0.15) is 15.2 Å². The quantitative estimate of drug-likeness (QED) is 0.648. The molecule has 0 aliphatic carbocycles. The van der Waals surface area contributed by atoms with Crippen molar-refractivity contribution in [2.24, 2.45) is 0 Å². The van der Waals surface area contributed by atoms with E-state index in [-0.39, 0.29) is 11.5 Å². The summed E-state index contributed by atoms with van der Waals surface area (Å²) in [5, 5.41) is 11.2. The molecule has 0 saturated carbocycles. The summed E-state index contributed by atoms with van der Waals surface area (Å²) in [4.78, 5) is 12.7. The van der Waals surface area contributed by atoms with Crippen molar-refractivity contribution in [3.8, 4) is 5.75 Å². The number of carbonyl (C=O) groups is 1. The van der Waals surface area contributed by atoms with Crippen LogP contribution in [0.5, 0.6) is 5.75 Å². The predicted octanol–water partition coefficient (Wildman–Crippen LogP) is 3.35. The lowest BCUT2D eigenvalue weighted by Crippen LogP contribution is -1.92. The Kier molecular flexibility index (Phi) is 3.17. The van der Waals surface area contributed by atoms with Crippen molar-refractivity contribution in [1.29, 1.82) is 0 Å². The van der Waals surface area contributed by atoms with Gasteiger partial charge in [0.25, 0.3) is 0 Å². The number of aromatic hydroxyl groups is 1. The van der Waals surface area contributed by atoms with Crippen LogP contribution >= 0.6 is 11.3 Å². The molecule has 3 heteroatoms. The van der Waals surface area contributed by atoms with E-state index in [1.807, 2.05) is 17.5 Å². The molecule has 0 radical (unpaired) electrons. The van der Waals surface area contributed by atoms with E-state index in [4.69, 9.17) is 0 Å². The van der Waals surface area contributed by atoms with E-state index in [1.54, 1.807) is 35.6 Å². The summed E-state index contributed by atoms with van der Waals surface area (Å²) in [6.07, 6.45) is 3.29. The third kappa shape index (κ3) is 2.58. The Hall–Kier alpha value is -1.87. The molecule has 1 aromatic carbocycles. The summed E-state index contributed by atoms with van der Waals surface area (Å²) >= 11 is 1.57. The Labute approximate surface area is 97.5 Å². The van der Waals surface area contributed by atoms with Crippen molar-refractivity contribution < 1.29 is 9.90 Å². The third-order valence-corrected chi connectivity index (χ3v) is 2.91. The average molecular weight is 230 g/mol. The molecule has 1 heterocycles. The van der Waals surface area contributed by atoms with E-state index >= 15 is 0 Å². The van der Waals surface area contributed by atoms with Crippen molar-refractivity contribution in [3.63, 3.8) is 0 Å². The van der Waals surface area contributed by atoms with E-state index in [0.29, 0.717) is 5.56 Å². The lowest BCUT2D eigenvalue weighted by Gasteiger charge is -1.96. The zero-order valence-corrected chi connectivity index (χ0v) is 9.28. The number of phenolic OH excluding ortho intramolecular Hbond substituents is 1. The second-order valence-electron chi connectivity index (χ2n) is 3.26. The number of allylic oxidation sites excluding steroid dienone is 1. The van der Waals surface area contributed by atoms with Crippen LogP contribution in [0.15, 0.2) is 47.9 Å². The standard InChI is InChI=1S/C13H10O2S/c14-11-4-1-3-10(9-11)13(15)7-6-12-5-2-8-16-12/h1-9,14H. The zero-order valence-electron chi connectivity index (χ0n) is 8.46. The van der Waals surface area contributed by atoms with Crippen LogP contribution in [-0.2, 0) is 0 Å². The molecular formula is C13H10O2S. The van der Waals surface area contributed by atoms with Crippen molar-refractivity contribution in [2.75, 3.05) is 0 Å². The fourth-order valence-electron chi connectivity index (χ4n) is 1.30. The topological polar surface area (TPSA) is 37.3 Å². The van der Waals surface area contributed by atoms with Gasteiger partial charge >= 0.3 is 0 Å². The number of benzene rings is 1. The molecule has 2 aromatic rings. The van der Waals surface area contributed by atoms with Crippen molar-refractivity contribution >= 4 is 23.2 Å². The molecule has 0 amide bonds. The molecule has 0 fully saturated rings. The first-order valence-corrected chi connectivity index (χ1v) is 5.68. The van der Waals surface area contributed by atoms with Gasteiger partial charge in [-0.25, -0.2) is 0 Å². The number of ketones is 1. The highest BCUT2D eigenvalue weighted by molar-refractivity contribution is 7.10. The third-order valence-electron chi connectivity index (χ3n) is 2.07. The second kappa shape index (κ2) is 4.77. The Morgan fingerprint density at radius 2 is 2.12 bits per heavy atom. The largest absolute Gasteiger partial charge is 0.508 e. The first kappa shape index (κ1) is 10.6. The molecule has 0 atom stereocenters. The summed E-state index contributed by atoms with van der Waals surface area (Å²) in [5.74, 6) is -0.000302. The molecule has 0 spiro atoms. The Bertz CT molecular complexity index is 512. The maximum Gasteiger partial charge on any atom is 0.186 e. The predicted molar refractivity (Wildman–Crippen MR) is 65.8 cm³/mol. The molecule has 0 aliphatic rings. The van der Waals surface area contributed by atoms with Gasteiger partial charge in [0.05, 0.1) is 0 Å². The number of carbonyl (C=O) groups excluding carboxylic acids is 1.